The van der Waals surface area contributed by atoms with Crippen LogP contribution in [0.4, 0.5) is 11.5 Å². The Balaban J connectivity index is 1.69. The van der Waals surface area contributed by atoms with E-state index in [0.717, 1.165) is 37.7 Å². The van der Waals surface area contributed by atoms with Gasteiger partial charge in [0, 0.05) is 38.1 Å². The second-order valence-electron chi connectivity index (χ2n) is 5.09. The quantitative estimate of drug-likeness (QED) is 0.842. The van der Waals surface area contributed by atoms with Gasteiger partial charge >= 0.3 is 0 Å². The van der Waals surface area contributed by atoms with E-state index in [1.54, 1.807) is 12.3 Å². The minimum absolute atomic E-state index is 0.571. The molecule has 1 aromatic carbocycles. The molecule has 0 atom stereocenters. The van der Waals surface area contributed by atoms with Crippen LogP contribution < -0.4 is 9.80 Å². The molecule has 0 unspecified atom stereocenters. The number of nitriles is 1. The summed E-state index contributed by atoms with van der Waals surface area (Å²) >= 11 is 12.0. The number of aromatic nitrogens is 1. The SMILES string of the molecule is N#Cc1ccnc(N2CCN(c3ccc(Cl)c(Cl)c3)CC2)c1. The summed E-state index contributed by atoms with van der Waals surface area (Å²) in [5.41, 5.74) is 1.71. The molecule has 0 saturated carbocycles. The molecule has 1 aliphatic heterocycles. The maximum atomic E-state index is 8.97. The molecule has 0 bridgehead atoms. The molecule has 1 aromatic heterocycles. The first kappa shape index (κ1) is 15.0. The molecule has 1 aliphatic rings. The van der Waals surface area contributed by atoms with Crippen molar-refractivity contribution < 1.29 is 0 Å². The van der Waals surface area contributed by atoms with Gasteiger partial charge in [-0.05, 0) is 30.3 Å². The van der Waals surface area contributed by atoms with Crippen LogP contribution in [-0.2, 0) is 0 Å². The molecule has 0 amide bonds. The van der Waals surface area contributed by atoms with Gasteiger partial charge in [0.1, 0.15) is 5.82 Å². The fourth-order valence-electron chi connectivity index (χ4n) is 2.54. The van der Waals surface area contributed by atoms with Crippen LogP contribution in [0.2, 0.25) is 10.0 Å². The van der Waals surface area contributed by atoms with E-state index in [1.807, 2.05) is 24.3 Å². The van der Waals surface area contributed by atoms with E-state index >= 15 is 0 Å². The van der Waals surface area contributed by atoms with Gasteiger partial charge in [-0.25, -0.2) is 4.98 Å². The summed E-state index contributed by atoms with van der Waals surface area (Å²) in [6.45, 7) is 3.44. The molecule has 0 aliphatic carbocycles. The van der Waals surface area contributed by atoms with E-state index in [1.165, 1.54) is 0 Å². The molecule has 3 rings (SSSR count). The normalized spacial score (nSPS) is 14.8. The third-order valence-corrected chi connectivity index (χ3v) is 4.49. The van der Waals surface area contributed by atoms with Crippen molar-refractivity contribution in [1.29, 1.82) is 5.26 Å². The van der Waals surface area contributed by atoms with Gasteiger partial charge in [-0.2, -0.15) is 5.26 Å². The summed E-state index contributed by atoms with van der Waals surface area (Å²) in [5, 5.41) is 10.1. The van der Waals surface area contributed by atoms with Crippen LogP contribution in [0.15, 0.2) is 36.5 Å². The molecule has 0 spiro atoms. The Bertz CT molecular complexity index is 718. The van der Waals surface area contributed by atoms with E-state index < -0.39 is 0 Å². The van der Waals surface area contributed by atoms with E-state index in [2.05, 4.69) is 20.9 Å². The summed E-state index contributed by atoms with van der Waals surface area (Å²) in [5.74, 6) is 0.854. The molecule has 1 fully saturated rings. The van der Waals surface area contributed by atoms with Crippen molar-refractivity contribution in [3.05, 3.63) is 52.1 Å². The monoisotopic (exact) mass is 332 g/mol. The number of benzene rings is 1. The summed E-state index contributed by atoms with van der Waals surface area (Å²) in [4.78, 5) is 8.81. The molecule has 6 heteroatoms. The Hall–Kier alpha value is -1.96. The molecule has 1 saturated heterocycles. The highest BCUT2D eigenvalue weighted by Crippen LogP contribution is 2.28. The number of nitrogens with zero attached hydrogens (tertiary/aromatic N) is 4. The first-order valence-electron chi connectivity index (χ1n) is 6.98. The molecule has 0 radical (unpaired) electrons. The fraction of sp³-hybridized carbons (Fsp3) is 0.250. The van der Waals surface area contributed by atoms with Crippen molar-refractivity contribution in [2.45, 2.75) is 0 Å². The Morgan fingerprint density at radius 3 is 2.36 bits per heavy atom. The van der Waals surface area contributed by atoms with Crippen molar-refractivity contribution in [3.63, 3.8) is 0 Å². The fourth-order valence-corrected chi connectivity index (χ4v) is 2.83. The summed E-state index contributed by atoms with van der Waals surface area (Å²) < 4.78 is 0. The summed E-state index contributed by atoms with van der Waals surface area (Å²) in [6.07, 6.45) is 1.68. The van der Waals surface area contributed by atoms with Crippen LogP contribution in [0.25, 0.3) is 0 Å². The van der Waals surface area contributed by atoms with E-state index in [0.29, 0.717) is 15.6 Å². The van der Waals surface area contributed by atoms with Crippen LogP contribution in [0.3, 0.4) is 0 Å². The third kappa shape index (κ3) is 3.11. The lowest BCUT2D eigenvalue weighted by molar-refractivity contribution is 0.647. The number of piperazine rings is 1. The lowest BCUT2D eigenvalue weighted by Crippen LogP contribution is -2.46. The smallest absolute Gasteiger partial charge is 0.129 e. The topological polar surface area (TPSA) is 43.2 Å². The van der Waals surface area contributed by atoms with Crippen molar-refractivity contribution in [3.8, 4) is 6.07 Å². The van der Waals surface area contributed by atoms with Crippen LogP contribution in [0, 0.1) is 11.3 Å². The first-order valence-corrected chi connectivity index (χ1v) is 7.74. The van der Waals surface area contributed by atoms with Gasteiger partial charge in [0.05, 0.1) is 21.7 Å². The van der Waals surface area contributed by atoms with Crippen molar-refractivity contribution in [1.82, 2.24) is 4.98 Å². The lowest BCUT2D eigenvalue weighted by Gasteiger charge is -2.36. The number of anilines is 2. The molecular weight excluding hydrogens is 319 g/mol. The minimum Gasteiger partial charge on any atom is -0.368 e. The van der Waals surface area contributed by atoms with Gasteiger partial charge < -0.3 is 9.80 Å². The predicted molar refractivity (Wildman–Crippen MR) is 89.8 cm³/mol. The zero-order valence-electron chi connectivity index (χ0n) is 11.8. The van der Waals surface area contributed by atoms with Crippen molar-refractivity contribution >= 4 is 34.7 Å². The van der Waals surface area contributed by atoms with E-state index in [-0.39, 0.29) is 0 Å². The first-order chi connectivity index (χ1) is 10.7. The van der Waals surface area contributed by atoms with E-state index in [9.17, 15) is 0 Å². The van der Waals surface area contributed by atoms with Gasteiger partial charge in [0.25, 0.3) is 0 Å². The molecule has 4 nitrogen and oxygen atoms in total. The molecule has 112 valence electrons. The Labute approximate surface area is 139 Å². The van der Waals surface area contributed by atoms with Gasteiger partial charge in [-0.15, -0.1) is 0 Å². The Kier molecular flexibility index (Phi) is 4.37. The Morgan fingerprint density at radius 1 is 0.955 bits per heavy atom. The van der Waals surface area contributed by atoms with Crippen LogP contribution in [0.5, 0.6) is 0 Å². The lowest BCUT2D eigenvalue weighted by atomic mass is 10.2. The standard InChI is InChI=1S/C16H14Cl2N4/c17-14-2-1-13(10-15(14)18)21-5-7-22(8-6-21)16-9-12(11-19)3-4-20-16/h1-4,9-10H,5-8H2. The highest BCUT2D eigenvalue weighted by Gasteiger charge is 2.19. The highest BCUT2D eigenvalue weighted by molar-refractivity contribution is 6.42. The van der Waals surface area contributed by atoms with Gasteiger partial charge in [0.15, 0.2) is 0 Å². The summed E-state index contributed by atoms with van der Waals surface area (Å²) in [6, 6.07) is 11.4. The van der Waals surface area contributed by atoms with E-state index in [4.69, 9.17) is 28.5 Å². The molecule has 0 N–H and O–H groups in total. The third-order valence-electron chi connectivity index (χ3n) is 3.75. The number of rotatable bonds is 2. The van der Waals surface area contributed by atoms with Crippen molar-refractivity contribution in [2.24, 2.45) is 0 Å². The average Bonchev–Trinajstić information content (AvgIpc) is 2.57. The van der Waals surface area contributed by atoms with Crippen LogP contribution in [-0.4, -0.2) is 31.2 Å². The maximum Gasteiger partial charge on any atom is 0.129 e. The van der Waals surface area contributed by atoms with Crippen molar-refractivity contribution in [2.75, 3.05) is 36.0 Å². The molecular formula is C16H14Cl2N4. The summed E-state index contributed by atoms with van der Waals surface area (Å²) in [7, 11) is 0. The minimum atomic E-state index is 0.571. The largest absolute Gasteiger partial charge is 0.368 e. The maximum absolute atomic E-state index is 8.97. The van der Waals surface area contributed by atoms with Crippen LogP contribution >= 0.6 is 23.2 Å². The number of pyridine rings is 1. The number of hydrogen-bond donors (Lipinski definition) is 0. The van der Waals surface area contributed by atoms with Gasteiger partial charge in [-0.1, -0.05) is 23.2 Å². The van der Waals surface area contributed by atoms with Gasteiger partial charge in [-0.3, -0.25) is 0 Å². The Morgan fingerprint density at radius 2 is 1.68 bits per heavy atom. The molecule has 2 aromatic rings. The molecule has 2 heterocycles. The zero-order valence-corrected chi connectivity index (χ0v) is 13.3. The van der Waals surface area contributed by atoms with Gasteiger partial charge in [0.2, 0.25) is 0 Å². The second kappa shape index (κ2) is 6.43. The zero-order chi connectivity index (χ0) is 15.5. The number of halogens is 2. The van der Waals surface area contributed by atoms with Crippen LogP contribution in [0.1, 0.15) is 5.56 Å². The highest BCUT2D eigenvalue weighted by atomic mass is 35.5. The average molecular weight is 333 g/mol. The number of hydrogen-bond acceptors (Lipinski definition) is 4. The second-order valence-corrected chi connectivity index (χ2v) is 5.90. The predicted octanol–water partition coefficient (Wildman–Crippen LogP) is 3.59. The molecule has 22 heavy (non-hydrogen) atoms.